The molecule has 2 aliphatic heterocycles. The molecule has 3 heterocycles. The number of rotatable bonds is 4. The lowest BCUT2D eigenvalue weighted by molar-refractivity contribution is -0.119. The van der Waals surface area contributed by atoms with Crippen LogP contribution in [-0.2, 0) is 16.1 Å². The predicted molar refractivity (Wildman–Crippen MR) is 97.5 cm³/mol. The number of fused-ring (bicyclic) bond motifs is 1. The van der Waals surface area contributed by atoms with E-state index in [-0.39, 0.29) is 19.0 Å². The summed E-state index contributed by atoms with van der Waals surface area (Å²) in [5.41, 5.74) is 3.70. The summed E-state index contributed by atoms with van der Waals surface area (Å²) in [5.74, 6) is -0.589. The standard InChI is InChI=1S/C19H19FN4O3/c1-11-18-5-13(8-23(18)10-22-11)16-4-3-14(6-17(16)20)24-9-15(27-19(24)26)7-21-12(2)25/h3-6,10,15H,7-9H2,1-2H3,(H,21,25)/t15-/m0/s1. The number of amides is 2. The molecule has 0 unspecified atom stereocenters. The van der Waals surface area contributed by atoms with Crippen LogP contribution in [0.1, 0.15) is 23.9 Å². The Kier molecular flexibility index (Phi) is 4.18. The summed E-state index contributed by atoms with van der Waals surface area (Å²) in [6.07, 6.45) is 2.68. The van der Waals surface area contributed by atoms with Crippen LogP contribution in [-0.4, -0.2) is 40.7 Å². The first-order chi connectivity index (χ1) is 12.9. The number of nitrogens with one attached hydrogen (secondary N) is 1. The largest absolute Gasteiger partial charge is 0.442 e. The minimum absolute atomic E-state index is 0.194. The van der Waals surface area contributed by atoms with Gasteiger partial charge in [-0.2, -0.15) is 0 Å². The van der Waals surface area contributed by atoms with Gasteiger partial charge in [-0.1, -0.05) is 0 Å². The van der Waals surface area contributed by atoms with E-state index < -0.39 is 18.0 Å². The molecule has 27 heavy (non-hydrogen) atoms. The summed E-state index contributed by atoms with van der Waals surface area (Å²) in [4.78, 5) is 28.7. The maximum atomic E-state index is 14.8. The second-order valence-corrected chi connectivity index (χ2v) is 6.73. The van der Waals surface area contributed by atoms with Crippen LogP contribution in [0.5, 0.6) is 0 Å². The fraction of sp³-hybridized carbons (Fsp3) is 0.316. The molecule has 0 aliphatic carbocycles. The van der Waals surface area contributed by atoms with Crippen LogP contribution in [0.2, 0.25) is 0 Å². The molecule has 7 nitrogen and oxygen atoms in total. The van der Waals surface area contributed by atoms with Crippen LogP contribution in [0.25, 0.3) is 11.6 Å². The third-order valence-electron chi connectivity index (χ3n) is 4.79. The van der Waals surface area contributed by atoms with Crippen molar-refractivity contribution in [2.24, 2.45) is 0 Å². The van der Waals surface area contributed by atoms with Crippen molar-refractivity contribution in [1.29, 1.82) is 0 Å². The smallest absolute Gasteiger partial charge is 0.414 e. The van der Waals surface area contributed by atoms with Gasteiger partial charge >= 0.3 is 6.09 Å². The molecule has 1 aromatic carbocycles. The van der Waals surface area contributed by atoms with Crippen molar-refractivity contribution in [3.05, 3.63) is 47.3 Å². The molecule has 2 aromatic rings. The van der Waals surface area contributed by atoms with Crippen LogP contribution < -0.4 is 10.2 Å². The number of carbonyl (C=O) groups is 2. The fourth-order valence-corrected chi connectivity index (χ4v) is 3.39. The fourth-order valence-electron chi connectivity index (χ4n) is 3.39. The number of aryl methyl sites for hydroxylation is 1. The van der Waals surface area contributed by atoms with Crippen molar-refractivity contribution >= 4 is 29.3 Å². The Bertz CT molecular complexity index is 966. The Morgan fingerprint density at radius 2 is 2.26 bits per heavy atom. The zero-order valence-corrected chi connectivity index (χ0v) is 15.0. The van der Waals surface area contributed by atoms with Gasteiger partial charge in [0, 0.05) is 19.0 Å². The second kappa shape index (κ2) is 6.53. The highest BCUT2D eigenvalue weighted by Crippen LogP contribution is 2.32. The third kappa shape index (κ3) is 3.18. The minimum atomic E-state index is -0.546. The molecule has 1 atom stereocenters. The van der Waals surface area contributed by atoms with Gasteiger partial charge in [-0.05, 0) is 36.8 Å². The molecule has 0 saturated carbocycles. The van der Waals surface area contributed by atoms with Crippen LogP contribution in [0, 0.1) is 12.7 Å². The van der Waals surface area contributed by atoms with Gasteiger partial charge in [-0.25, -0.2) is 14.2 Å². The van der Waals surface area contributed by atoms with Gasteiger partial charge in [0.25, 0.3) is 0 Å². The van der Waals surface area contributed by atoms with Crippen LogP contribution >= 0.6 is 0 Å². The quantitative estimate of drug-likeness (QED) is 0.896. The summed E-state index contributed by atoms with van der Waals surface area (Å²) < 4.78 is 22.0. The predicted octanol–water partition coefficient (Wildman–Crippen LogP) is 2.35. The van der Waals surface area contributed by atoms with Gasteiger partial charge in [-0.3, -0.25) is 9.69 Å². The Morgan fingerprint density at radius 1 is 1.44 bits per heavy atom. The summed E-state index contributed by atoms with van der Waals surface area (Å²) in [6.45, 7) is 4.38. The normalized spacial score (nSPS) is 18.3. The first-order valence-electron chi connectivity index (χ1n) is 8.67. The number of carbonyl (C=O) groups excluding carboxylic acids is 2. The van der Waals surface area contributed by atoms with Crippen LogP contribution in [0.4, 0.5) is 14.9 Å². The molecular weight excluding hydrogens is 351 g/mol. The number of anilines is 1. The molecule has 1 aromatic heterocycles. The number of cyclic esters (lactones) is 1. The summed E-state index contributed by atoms with van der Waals surface area (Å²) in [7, 11) is 0. The number of ether oxygens (including phenoxy) is 1. The van der Waals surface area contributed by atoms with Gasteiger partial charge in [0.1, 0.15) is 11.9 Å². The van der Waals surface area contributed by atoms with Crippen LogP contribution in [0.3, 0.4) is 0 Å². The number of nitrogens with zero attached hydrogens (tertiary/aromatic N) is 3. The molecule has 2 amide bonds. The van der Waals surface area contributed by atoms with E-state index in [0.717, 1.165) is 17.0 Å². The lowest BCUT2D eigenvalue weighted by Crippen LogP contribution is -2.33. The minimum Gasteiger partial charge on any atom is -0.442 e. The first kappa shape index (κ1) is 17.3. The molecule has 2 aliphatic rings. The van der Waals surface area contributed by atoms with Crippen molar-refractivity contribution in [1.82, 2.24) is 14.9 Å². The number of halogens is 1. The number of imidazole rings is 1. The third-order valence-corrected chi connectivity index (χ3v) is 4.79. The van der Waals surface area contributed by atoms with E-state index in [0.29, 0.717) is 17.8 Å². The van der Waals surface area contributed by atoms with Gasteiger partial charge in [0.05, 0.1) is 36.5 Å². The molecule has 140 valence electrons. The number of hydrogen-bond donors (Lipinski definition) is 1. The van der Waals surface area contributed by atoms with E-state index in [4.69, 9.17) is 4.74 Å². The van der Waals surface area contributed by atoms with Gasteiger partial charge in [0.15, 0.2) is 0 Å². The lowest BCUT2D eigenvalue weighted by atomic mass is 10.0. The van der Waals surface area contributed by atoms with E-state index in [9.17, 15) is 14.0 Å². The average molecular weight is 370 g/mol. The zero-order valence-electron chi connectivity index (χ0n) is 15.0. The highest BCUT2D eigenvalue weighted by atomic mass is 19.1. The van der Waals surface area contributed by atoms with Crippen molar-refractivity contribution in [3.63, 3.8) is 0 Å². The maximum absolute atomic E-state index is 14.8. The van der Waals surface area contributed by atoms with Gasteiger partial charge in [-0.15, -0.1) is 0 Å². The van der Waals surface area contributed by atoms with Gasteiger partial charge < -0.3 is 14.6 Å². The molecule has 4 rings (SSSR count). The number of allylic oxidation sites excluding steroid dienone is 1. The Labute approximate surface area is 155 Å². The van der Waals surface area contributed by atoms with Crippen molar-refractivity contribution in [2.45, 2.75) is 26.5 Å². The summed E-state index contributed by atoms with van der Waals surface area (Å²) in [6, 6.07) is 4.73. The van der Waals surface area contributed by atoms with E-state index in [1.807, 2.05) is 17.6 Å². The lowest BCUT2D eigenvalue weighted by Gasteiger charge is -2.15. The Hall–Kier alpha value is -3.16. The number of aromatic nitrogens is 2. The molecule has 8 heteroatoms. The summed E-state index contributed by atoms with van der Waals surface area (Å²) >= 11 is 0. The highest BCUT2D eigenvalue weighted by molar-refractivity contribution is 5.91. The monoisotopic (exact) mass is 370 g/mol. The first-order valence-corrected chi connectivity index (χ1v) is 8.67. The van der Waals surface area contributed by atoms with Crippen LogP contribution in [0.15, 0.2) is 24.5 Å². The molecular formula is C19H19FN4O3. The van der Waals surface area contributed by atoms with E-state index >= 15 is 0 Å². The van der Waals surface area contributed by atoms with E-state index in [2.05, 4.69) is 10.3 Å². The summed E-state index contributed by atoms with van der Waals surface area (Å²) in [5, 5.41) is 2.62. The molecule has 0 spiro atoms. The molecule has 0 bridgehead atoms. The van der Waals surface area contributed by atoms with Crippen molar-refractivity contribution in [3.8, 4) is 0 Å². The maximum Gasteiger partial charge on any atom is 0.414 e. The average Bonchev–Trinajstić information content (AvgIpc) is 3.29. The zero-order chi connectivity index (χ0) is 19.1. The number of hydrogen-bond acceptors (Lipinski definition) is 4. The molecule has 1 saturated heterocycles. The highest BCUT2D eigenvalue weighted by Gasteiger charge is 2.33. The van der Waals surface area contributed by atoms with Crippen molar-refractivity contribution < 1.29 is 18.7 Å². The van der Waals surface area contributed by atoms with Gasteiger partial charge in [0.2, 0.25) is 5.91 Å². The second-order valence-electron chi connectivity index (χ2n) is 6.73. The topological polar surface area (TPSA) is 76.5 Å². The van der Waals surface area contributed by atoms with E-state index in [1.54, 1.807) is 18.5 Å². The number of benzene rings is 1. The Balaban J connectivity index is 1.52. The SMILES string of the molecule is CC(=O)NC[C@H]1CN(c2ccc(C3=Cc4c(C)ncn4C3)c(F)c2)C(=O)O1. The Morgan fingerprint density at radius 3 is 2.96 bits per heavy atom. The molecule has 0 radical (unpaired) electrons. The van der Waals surface area contributed by atoms with E-state index in [1.165, 1.54) is 17.9 Å². The van der Waals surface area contributed by atoms with Crippen molar-refractivity contribution in [2.75, 3.05) is 18.0 Å². The molecule has 1 N–H and O–H groups in total. The molecule has 1 fully saturated rings.